The van der Waals surface area contributed by atoms with Crippen LogP contribution in [0.1, 0.15) is 29.2 Å². The van der Waals surface area contributed by atoms with Gasteiger partial charge in [0.25, 0.3) is 0 Å². The van der Waals surface area contributed by atoms with Crippen molar-refractivity contribution >= 4 is 0 Å². The van der Waals surface area contributed by atoms with Crippen molar-refractivity contribution in [3.8, 4) is 5.75 Å². The SMILES string of the molecule is Cc1cccc(CNC2CCOc3ccccc32)c1. The van der Waals surface area contributed by atoms with Crippen LogP contribution in [0.15, 0.2) is 48.5 Å². The molecule has 2 heteroatoms. The van der Waals surface area contributed by atoms with Gasteiger partial charge in [0, 0.05) is 24.6 Å². The Bertz CT molecular complexity index is 565. The molecule has 1 unspecified atom stereocenters. The zero-order valence-corrected chi connectivity index (χ0v) is 11.2. The van der Waals surface area contributed by atoms with E-state index >= 15 is 0 Å². The molecule has 2 nitrogen and oxygen atoms in total. The zero-order valence-electron chi connectivity index (χ0n) is 11.2. The largest absolute Gasteiger partial charge is 0.493 e. The number of nitrogens with one attached hydrogen (secondary N) is 1. The average Bonchev–Trinajstić information content (AvgIpc) is 2.45. The monoisotopic (exact) mass is 253 g/mol. The van der Waals surface area contributed by atoms with Crippen molar-refractivity contribution in [2.24, 2.45) is 0 Å². The normalized spacial score (nSPS) is 17.6. The zero-order chi connectivity index (χ0) is 13.1. The number of aryl methyl sites for hydroxylation is 1. The molecule has 0 radical (unpaired) electrons. The second kappa shape index (κ2) is 5.45. The standard InChI is InChI=1S/C17H19NO/c1-13-5-4-6-14(11-13)12-18-16-9-10-19-17-8-3-2-7-15(16)17/h2-8,11,16,18H,9-10,12H2,1H3. The Kier molecular flexibility index (Phi) is 3.51. The number of hydrogen-bond donors (Lipinski definition) is 1. The van der Waals surface area contributed by atoms with Crippen LogP contribution in [0.3, 0.4) is 0 Å². The molecule has 0 bridgehead atoms. The highest BCUT2D eigenvalue weighted by Crippen LogP contribution is 2.31. The minimum absolute atomic E-state index is 0.394. The summed E-state index contributed by atoms with van der Waals surface area (Å²) in [6.45, 7) is 3.83. The summed E-state index contributed by atoms with van der Waals surface area (Å²) in [7, 11) is 0. The van der Waals surface area contributed by atoms with Crippen LogP contribution in [0.5, 0.6) is 5.75 Å². The molecule has 1 aliphatic heterocycles. The van der Waals surface area contributed by atoms with Gasteiger partial charge < -0.3 is 10.1 Å². The maximum absolute atomic E-state index is 5.68. The quantitative estimate of drug-likeness (QED) is 0.902. The third-order valence-corrected chi connectivity index (χ3v) is 3.59. The molecule has 0 saturated heterocycles. The highest BCUT2D eigenvalue weighted by molar-refractivity contribution is 5.37. The lowest BCUT2D eigenvalue weighted by Gasteiger charge is -2.26. The molecule has 2 aromatic carbocycles. The third kappa shape index (κ3) is 2.79. The third-order valence-electron chi connectivity index (χ3n) is 3.59. The van der Waals surface area contributed by atoms with Crippen LogP contribution in [0.2, 0.25) is 0 Å². The van der Waals surface area contributed by atoms with Gasteiger partial charge in [-0.25, -0.2) is 0 Å². The summed E-state index contributed by atoms with van der Waals surface area (Å²) in [6.07, 6.45) is 1.03. The van der Waals surface area contributed by atoms with Gasteiger partial charge in [0.05, 0.1) is 6.61 Å². The fourth-order valence-electron chi connectivity index (χ4n) is 2.62. The van der Waals surface area contributed by atoms with Gasteiger partial charge in [0.2, 0.25) is 0 Å². The lowest BCUT2D eigenvalue weighted by Crippen LogP contribution is -2.26. The van der Waals surface area contributed by atoms with Crippen LogP contribution in [0.25, 0.3) is 0 Å². The summed E-state index contributed by atoms with van der Waals surface area (Å²) in [6, 6.07) is 17.4. The average molecular weight is 253 g/mol. The van der Waals surface area contributed by atoms with Crippen molar-refractivity contribution in [1.29, 1.82) is 0 Å². The first-order chi connectivity index (χ1) is 9.33. The molecule has 1 N–H and O–H groups in total. The van der Waals surface area contributed by atoms with E-state index in [1.165, 1.54) is 16.7 Å². The summed E-state index contributed by atoms with van der Waals surface area (Å²) in [5.74, 6) is 1.02. The maximum atomic E-state index is 5.68. The number of ether oxygens (including phenoxy) is 1. The first-order valence-corrected chi connectivity index (χ1v) is 6.83. The highest BCUT2D eigenvalue weighted by atomic mass is 16.5. The van der Waals surface area contributed by atoms with Gasteiger partial charge in [-0.15, -0.1) is 0 Å². The van der Waals surface area contributed by atoms with Gasteiger partial charge in [-0.05, 0) is 18.6 Å². The van der Waals surface area contributed by atoms with Crippen molar-refractivity contribution in [2.75, 3.05) is 6.61 Å². The highest BCUT2D eigenvalue weighted by Gasteiger charge is 2.20. The van der Waals surface area contributed by atoms with Crippen molar-refractivity contribution in [2.45, 2.75) is 25.9 Å². The molecule has 0 aromatic heterocycles. The summed E-state index contributed by atoms with van der Waals surface area (Å²) >= 11 is 0. The Hall–Kier alpha value is -1.80. The molecule has 0 amide bonds. The van der Waals surface area contributed by atoms with E-state index in [0.29, 0.717) is 6.04 Å². The maximum Gasteiger partial charge on any atom is 0.124 e. The van der Waals surface area contributed by atoms with Crippen molar-refractivity contribution < 1.29 is 4.74 Å². The van der Waals surface area contributed by atoms with Crippen LogP contribution >= 0.6 is 0 Å². The molecular weight excluding hydrogens is 234 g/mol. The van der Waals surface area contributed by atoms with E-state index < -0.39 is 0 Å². The minimum Gasteiger partial charge on any atom is -0.493 e. The van der Waals surface area contributed by atoms with Gasteiger partial charge in [0.15, 0.2) is 0 Å². The molecule has 0 spiro atoms. The van der Waals surface area contributed by atoms with E-state index in [9.17, 15) is 0 Å². The van der Waals surface area contributed by atoms with Gasteiger partial charge in [-0.2, -0.15) is 0 Å². The van der Waals surface area contributed by atoms with Crippen LogP contribution in [-0.2, 0) is 6.54 Å². The molecule has 3 rings (SSSR count). The van der Waals surface area contributed by atoms with Crippen LogP contribution in [0.4, 0.5) is 0 Å². The smallest absolute Gasteiger partial charge is 0.124 e. The first kappa shape index (κ1) is 12.2. The number of rotatable bonds is 3. The van der Waals surface area contributed by atoms with Crippen LogP contribution < -0.4 is 10.1 Å². The Morgan fingerprint density at radius 2 is 2.05 bits per heavy atom. The number of hydrogen-bond acceptors (Lipinski definition) is 2. The number of para-hydroxylation sites is 1. The fourth-order valence-corrected chi connectivity index (χ4v) is 2.62. The first-order valence-electron chi connectivity index (χ1n) is 6.83. The van der Waals surface area contributed by atoms with E-state index in [1.807, 2.05) is 6.07 Å². The molecule has 1 heterocycles. The molecule has 1 atom stereocenters. The minimum atomic E-state index is 0.394. The van der Waals surface area contributed by atoms with Crippen molar-refractivity contribution in [1.82, 2.24) is 5.32 Å². The predicted octanol–water partition coefficient (Wildman–Crippen LogP) is 3.61. The molecule has 2 aromatic rings. The second-order valence-electron chi connectivity index (χ2n) is 5.10. The lowest BCUT2D eigenvalue weighted by molar-refractivity contribution is 0.252. The van der Waals surface area contributed by atoms with E-state index in [0.717, 1.165) is 25.3 Å². The van der Waals surface area contributed by atoms with Gasteiger partial charge in [0.1, 0.15) is 5.75 Å². The van der Waals surface area contributed by atoms with E-state index in [4.69, 9.17) is 4.74 Å². The summed E-state index contributed by atoms with van der Waals surface area (Å²) in [5, 5.41) is 3.64. The van der Waals surface area contributed by atoms with Crippen molar-refractivity contribution in [3.63, 3.8) is 0 Å². The van der Waals surface area contributed by atoms with E-state index in [-0.39, 0.29) is 0 Å². The Morgan fingerprint density at radius 3 is 2.95 bits per heavy atom. The lowest BCUT2D eigenvalue weighted by atomic mass is 10.00. The summed E-state index contributed by atoms with van der Waals surface area (Å²) < 4.78 is 5.68. The molecular formula is C17H19NO. The van der Waals surface area contributed by atoms with Crippen LogP contribution in [0, 0.1) is 6.92 Å². The molecule has 1 aliphatic rings. The molecule has 0 aliphatic carbocycles. The van der Waals surface area contributed by atoms with Gasteiger partial charge >= 0.3 is 0 Å². The van der Waals surface area contributed by atoms with Gasteiger partial charge in [-0.3, -0.25) is 0 Å². The molecule has 98 valence electrons. The van der Waals surface area contributed by atoms with E-state index in [2.05, 4.69) is 54.7 Å². The fraction of sp³-hybridized carbons (Fsp3) is 0.294. The van der Waals surface area contributed by atoms with Crippen LogP contribution in [-0.4, -0.2) is 6.61 Å². The topological polar surface area (TPSA) is 21.3 Å². The summed E-state index contributed by atoms with van der Waals surface area (Å²) in [5.41, 5.74) is 3.93. The summed E-state index contributed by atoms with van der Waals surface area (Å²) in [4.78, 5) is 0. The molecule has 0 saturated carbocycles. The molecule has 0 fully saturated rings. The second-order valence-corrected chi connectivity index (χ2v) is 5.10. The van der Waals surface area contributed by atoms with Gasteiger partial charge in [-0.1, -0.05) is 48.0 Å². The number of fused-ring (bicyclic) bond motifs is 1. The Morgan fingerprint density at radius 1 is 1.16 bits per heavy atom. The van der Waals surface area contributed by atoms with E-state index in [1.54, 1.807) is 0 Å². The number of benzene rings is 2. The predicted molar refractivity (Wildman–Crippen MR) is 77.3 cm³/mol. The molecule has 19 heavy (non-hydrogen) atoms. The Balaban J connectivity index is 1.71. The Labute approximate surface area is 114 Å². The van der Waals surface area contributed by atoms with Crippen molar-refractivity contribution in [3.05, 3.63) is 65.2 Å².